The van der Waals surface area contributed by atoms with Crippen LogP contribution in [0.2, 0.25) is 0 Å². The Morgan fingerprint density at radius 2 is 1.81 bits per heavy atom. The second kappa shape index (κ2) is 10.4. The van der Waals surface area contributed by atoms with Gasteiger partial charge in [-0.2, -0.15) is 4.31 Å². The zero-order chi connectivity index (χ0) is 20.6. The average molecular weight is 400 g/mol. The second-order valence-corrected chi connectivity index (χ2v) is 8.19. The van der Waals surface area contributed by atoms with Crippen LogP contribution >= 0.6 is 0 Å². The number of anilines is 1. The number of carboxylic acid groups (broad SMARTS) is 1. The number of aliphatic carboxylic acids is 1. The largest absolute Gasteiger partial charge is 0.480 e. The van der Waals surface area contributed by atoms with Gasteiger partial charge in [-0.25, -0.2) is 8.42 Å². The molecule has 0 saturated heterocycles. The molecule has 0 saturated carbocycles. The molecule has 1 aromatic rings. The highest BCUT2D eigenvalue weighted by molar-refractivity contribution is 7.89. The van der Waals surface area contributed by atoms with Crippen LogP contribution in [0.5, 0.6) is 0 Å². The van der Waals surface area contributed by atoms with E-state index < -0.39 is 27.9 Å². The van der Waals surface area contributed by atoms with E-state index in [-0.39, 0.29) is 17.4 Å². The van der Waals surface area contributed by atoms with Crippen molar-refractivity contribution < 1.29 is 23.1 Å². The van der Waals surface area contributed by atoms with Gasteiger partial charge < -0.3 is 10.4 Å². The number of nitrogens with one attached hydrogen (secondary N) is 2. The third kappa shape index (κ3) is 6.30. The molecular weight excluding hydrogens is 370 g/mol. The van der Waals surface area contributed by atoms with Crippen molar-refractivity contribution in [3.05, 3.63) is 24.3 Å². The molecule has 0 aliphatic heterocycles. The first-order valence-corrected chi connectivity index (χ1v) is 10.5. The summed E-state index contributed by atoms with van der Waals surface area (Å²) in [5, 5.41) is 14.6. The number of hydrogen-bond donors (Lipinski definition) is 3. The summed E-state index contributed by atoms with van der Waals surface area (Å²) in [5.41, 5.74) is 0.338. The predicted molar refractivity (Wildman–Crippen MR) is 104 cm³/mol. The van der Waals surface area contributed by atoms with Gasteiger partial charge in [0.05, 0.1) is 11.4 Å². The molecule has 0 fully saturated rings. The van der Waals surface area contributed by atoms with Gasteiger partial charge in [-0.3, -0.25) is 14.9 Å². The van der Waals surface area contributed by atoms with Crippen LogP contribution < -0.4 is 10.6 Å². The Morgan fingerprint density at radius 3 is 2.33 bits per heavy atom. The highest BCUT2D eigenvalue weighted by atomic mass is 32.2. The third-order valence-electron chi connectivity index (χ3n) is 4.42. The van der Waals surface area contributed by atoms with Crippen LogP contribution in [0.15, 0.2) is 29.2 Å². The van der Waals surface area contributed by atoms with Crippen LogP contribution in [0, 0.1) is 5.92 Å². The number of nitrogens with zero attached hydrogens (tertiary/aromatic N) is 1. The summed E-state index contributed by atoms with van der Waals surface area (Å²) in [6.07, 6.45) is 0.664. The van der Waals surface area contributed by atoms with Gasteiger partial charge in [0.15, 0.2) is 0 Å². The predicted octanol–water partition coefficient (Wildman–Crippen LogP) is 1.74. The van der Waals surface area contributed by atoms with Gasteiger partial charge in [0, 0.05) is 18.8 Å². The normalized spacial score (nSPS) is 14.0. The van der Waals surface area contributed by atoms with Crippen molar-refractivity contribution in [1.82, 2.24) is 9.62 Å². The molecule has 3 N–H and O–H groups in total. The Balaban J connectivity index is 2.83. The Morgan fingerprint density at radius 1 is 1.19 bits per heavy atom. The van der Waals surface area contributed by atoms with E-state index in [9.17, 15) is 23.1 Å². The minimum Gasteiger partial charge on any atom is -0.480 e. The fraction of sp³-hybridized carbons (Fsp3) is 0.556. The fourth-order valence-electron chi connectivity index (χ4n) is 2.62. The molecule has 27 heavy (non-hydrogen) atoms. The van der Waals surface area contributed by atoms with Crippen LogP contribution in [-0.4, -0.2) is 55.4 Å². The standard InChI is InChI=1S/C18H29N3O5S/c1-5-13(4)17(18(23)24)19-12-16(22)20-14-9-8-10-15(11-14)27(25,26)21(6-2)7-3/h8-11,13,17,19H,5-7,12H2,1-4H3,(H,20,22)(H,23,24)/t13-,17-/m0/s1. The zero-order valence-electron chi connectivity index (χ0n) is 16.2. The van der Waals surface area contributed by atoms with E-state index in [2.05, 4.69) is 10.6 Å². The molecule has 152 valence electrons. The lowest BCUT2D eigenvalue weighted by molar-refractivity contribution is -0.140. The first-order valence-electron chi connectivity index (χ1n) is 9.03. The van der Waals surface area contributed by atoms with Crippen LogP contribution in [0.25, 0.3) is 0 Å². The maximum absolute atomic E-state index is 12.6. The summed E-state index contributed by atoms with van der Waals surface area (Å²) in [7, 11) is -3.62. The molecule has 0 heterocycles. The van der Waals surface area contributed by atoms with E-state index in [1.54, 1.807) is 32.9 Å². The molecule has 0 bridgehead atoms. The van der Waals surface area contributed by atoms with Gasteiger partial charge in [0.2, 0.25) is 15.9 Å². The summed E-state index contributed by atoms with van der Waals surface area (Å²) >= 11 is 0. The second-order valence-electron chi connectivity index (χ2n) is 6.25. The minimum absolute atomic E-state index is 0.0972. The highest BCUT2D eigenvalue weighted by Gasteiger charge is 2.24. The van der Waals surface area contributed by atoms with Crippen molar-refractivity contribution in [1.29, 1.82) is 0 Å². The molecule has 0 unspecified atom stereocenters. The molecule has 0 radical (unpaired) electrons. The van der Waals surface area contributed by atoms with Crippen LogP contribution in [0.1, 0.15) is 34.1 Å². The molecule has 1 rings (SSSR count). The fourth-order valence-corrected chi connectivity index (χ4v) is 4.13. The van der Waals surface area contributed by atoms with E-state index in [4.69, 9.17) is 0 Å². The van der Waals surface area contributed by atoms with E-state index >= 15 is 0 Å². The minimum atomic E-state index is -3.62. The average Bonchev–Trinajstić information content (AvgIpc) is 2.62. The molecule has 2 atom stereocenters. The molecule has 0 aromatic heterocycles. The molecule has 1 amide bonds. The van der Waals surface area contributed by atoms with Crippen molar-refractivity contribution in [2.24, 2.45) is 5.92 Å². The maximum Gasteiger partial charge on any atom is 0.320 e. The van der Waals surface area contributed by atoms with Gasteiger partial charge in [-0.15, -0.1) is 0 Å². The SMILES string of the molecule is CC[C@H](C)[C@H](NCC(=O)Nc1cccc(S(=O)(=O)N(CC)CC)c1)C(=O)O. The Labute approximate surface area is 161 Å². The Bertz CT molecular complexity index is 747. The van der Waals surface area contributed by atoms with E-state index in [0.717, 1.165) is 0 Å². The number of carboxylic acids is 1. The molecule has 1 aromatic carbocycles. The molecule has 8 nitrogen and oxygen atoms in total. The molecule has 9 heteroatoms. The van der Waals surface area contributed by atoms with Crippen molar-refractivity contribution >= 4 is 27.6 Å². The Hall–Kier alpha value is -1.97. The number of carbonyl (C=O) groups excluding carboxylic acids is 1. The maximum atomic E-state index is 12.6. The van der Waals surface area contributed by atoms with Crippen LogP contribution in [0.3, 0.4) is 0 Å². The lowest BCUT2D eigenvalue weighted by Crippen LogP contribution is -2.45. The number of sulfonamides is 1. The number of rotatable bonds is 11. The van der Waals surface area contributed by atoms with Crippen molar-refractivity contribution in [2.75, 3.05) is 25.0 Å². The van der Waals surface area contributed by atoms with Crippen LogP contribution in [0.4, 0.5) is 5.69 Å². The number of amides is 1. The van der Waals surface area contributed by atoms with Gasteiger partial charge in [-0.05, 0) is 24.1 Å². The van der Waals surface area contributed by atoms with Gasteiger partial charge in [-0.1, -0.05) is 40.2 Å². The monoisotopic (exact) mass is 399 g/mol. The first-order chi connectivity index (χ1) is 12.7. The smallest absolute Gasteiger partial charge is 0.320 e. The molecular formula is C18H29N3O5S. The summed E-state index contributed by atoms with van der Waals surface area (Å²) in [6.45, 7) is 7.71. The molecule has 0 aliphatic carbocycles. The zero-order valence-corrected chi connectivity index (χ0v) is 17.0. The van der Waals surface area contributed by atoms with E-state index in [1.165, 1.54) is 16.4 Å². The summed E-state index contributed by atoms with van der Waals surface area (Å²) in [4.78, 5) is 23.5. The van der Waals surface area contributed by atoms with Gasteiger partial charge in [0.1, 0.15) is 6.04 Å². The van der Waals surface area contributed by atoms with Gasteiger partial charge in [0.25, 0.3) is 0 Å². The number of benzene rings is 1. The lowest BCUT2D eigenvalue weighted by Gasteiger charge is -2.20. The van der Waals surface area contributed by atoms with Crippen molar-refractivity contribution in [3.8, 4) is 0 Å². The molecule has 0 spiro atoms. The number of hydrogen-bond acceptors (Lipinski definition) is 5. The topological polar surface area (TPSA) is 116 Å². The Kier molecular flexibility index (Phi) is 8.87. The summed E-state index contributed by atoms with van der Waals surface area (Å²) in [5.74, 6) is -1.58. The van der Waals surface area contributed by atoms with Crippen molar-refractivity contribution in [3.63, 3.8) is 0 Å². The quantitative estimate of drug-likeness (QED) is 0.522. The van der Waals surface area contributed by atoms with Gasteiger partial charge >= 0.3 is 5.97 Å². The highest BCUT2D eigenvalue weighted by Crippen LogP contribution is 2.19. The summed E-state index contributed by atoms with van der Waals surface area (Å²) < 4.78 is 26.5. The molecule has 0 aliphatic rings. The lowest BCUT2D eigenvalue weighted by atomic mass is 9.99. The first kappa shape index (κ1) is 23.1. The summed E-state index contributed by atoms with van der Waals surface area (Å²) in [6, 6.07) is 5.19. The third-order valence-corrected chi connectivity index (χ3v) is 6.47. The van der Waals surface area contributed by atoms with Crippen molar-refractivity contribution in [2.45, 2.75) is 45.1 Å². The van der Waals surface area contributed by atoms with Crippen LogP contribution in [-0.2, 0) is 19.6 Å². The van der Waals surface area contributed by atoms with E-state index in [0.29, 0.717) is 25.2 Å². The number of carbonyl (C=O) groups is 2. The van der Waals surface area contributed by atoms with E-state index in [1.807, 2.05) is 6.92 Å².